The Balaban J connectivity index is 0.00000190. The summed E-state index contributed by atoms with van der Waals surface area (Å²) in [6.07, 6.45) is 0.567. The number of β-amino-alcohol motifs (C(OH)–C–C–N with tert-alkyl or cyclic N) is 1. The fraction of sp³-hybridized carbons (Fsp3) is 0.646. The van der Waals surface area contributed by atoms with Gasteiger partial charge in [0.2, 0.25) is 59.1 Å². The number of aliphatic hydroxyl groups excluding tert-OH is 1. The number of aliphatic hydroxyl groups is 1. The number of thiophene rings is 1. The van der Waals surface area contributed by atoms with Crippen LogP contribution in [0.25, 0.3) is 0 Å². The number of rotatable bonds is 25. The SMILES string of the molecule is C[N+](C)(C)CCCC[C@H]1NC(=O)[C@@H]2CC3CCCCC3N2C(=O)[C@H]2Cc3ccccc3CN2C(=O)[C@@H](NC(=O)[C@H](Cc2cccs2)NC(=O)CNC(=O)[C@@H]2C[C@@H](O)CN2C(=O)[C@@H]2CCCN2C(=O)[C@H](CCCN=C(N)N)NC(=O)[C@H](N)CCCN=C(N)N)CCNC1=O.O=C([O-])C(F)(F)F. The van der Waals surface area contributed by atoms with Crippen LogP contribution in [0.15, 0.2) is 51.8 Å². The number of hydrogen-bond donors (Lipinski definition) is 12. The predicted octanol–water partition coefficient (Wildman–Crippen LogP) is -3.46. The molecule has 6 aliphatic rings. The van der Waals surface area contributed by atoms with Gasteiger partial charge < -0.3 is 99.7 Å². The minimum atomic E-state index is -5.19. The maximum atomic E-state index is 15.5. The Morgan fingerprint density at radius 2 is 1.46 bits per heavy atom. The summed E-state index contributed by atoms with van der Waals surface area (Å²) in [6.45, 7) is 0.340. The maximum absolute atomic E-state index is 15.5. The largest absolute Gasteiger partial charge is 0.542 e. The van der Waals surface area contributed by atoms with Crippen molar-refractivity contribution in [1.82, 2.24) is 51.5 Å². The van der Waals surface area contributed by atoms with Crippen LogP contribution in [0.2, 0.25) is 0 Å². The number of benzene rings is 1. The second-order valence-corrected chi connectivity index (χ2v) is 28.4. The van der Waals surface area contributed by atoms with Gasteiger partial charge in [-0.15, -0.1) is 11.3 Å². The molecule has 100 heavy (non-hydrogen) atoms. The first-order valence-electron chi connectivity index (χ1n) is 34.0. The average Bonchev–Trinajstić information content (AvgIpc) is 1.52. The molecule has 5 aliphatic heterocycles. The molecule has 6 heterocycles. The molecule has 12 atom stereocenters. The molecule has 10 amide bonds. The van der Waals surface area contributed by atoms with Gasteiger partial charge >= 0.3 is 6.18 Å². The second kappa shape index (κ2) is 36.1. The molecule has 1 aromatic heterocycles. The summed E-state index contributed by atoms with van der Waals surface area (Å²) in [5.74, 6) is -9.18. The summed E-state index contributed by atoms with van der Waals surface area (Å²) >= 11 is 1.33. The van der Waals surface area contributed by atoms with Crippen molar-refractivity contribution in [3.63, 3.8) is 0 Å². The van der Waals surface area contributed by atoms with Crippen molar-refractivity contribution in [2.45, 2.75) is 195 Å². The Morgan fingerprint density at radius 3 is 2.12 bits per heavy atom. The van der Waals surface area contributed by atoms with Gasteiger partial charge in [-0.25, -0.2) is 0 Å². The molecule has 4 saturated heterocycles. The van der Waals surface area contributed by atoms with E-state index in [1.54, 1.807) is 22.4 Å². The Morgan fingerprint density at radius 1 is 0.780 bits per heavy atom. The first-order chi connectivity index (χ1) is 47.3. The topological polar surface area (TPSA) is 471 Å². The van der Waals surface area contributed by atoms with Gasteiger partial charge in [0.25, 0.3) is 0 Å². The van der Waals surface area contributed by atoms with Crippen LogP contribution in [0.5, 0.6) is 0 Å². The van der Waals surface area contributed by atoms with Gasteiger partial charge in [-0.3, -0.25) is 57.9 Å². The molecule has 35 heteroatoms. The number of aliphatic carboxylic acids is 1. The minimum absolute atomic E-state index is 0.0228. The molecule has 0 spiro atoms. The van der Waals surface area contributed by atoms with Gasteiger partial charge in [-0.2, -0.15) is 13.2 Å². The number of halogens is 3. The lowest BCUT2D eigenvalue weighted by Gasteiger charge is -2.43. The van der Waals surface area contributed by atoms with Crippen molar-refractivity contribution in [2.24, 2.45) is 44.6 Å². The number of carbonyl (C=O) groups excluding carboxylic acids is 11. The highest BCUT2D eigenvalue weighted by molar-refractivity contribution is 7.09. The third-order valence-corrected chi connectivity index (χ3v) is 19.8. The Kier molecular flexibility index (Phi) is 28.4. The number of likely N-dealkylation sites (tertiary alicyclic amines) is 2. The fourth-order valence-corrected chi connectivity index (χ4v) is 14.6. The number of aliphatic imine (C=N–C) groups is 2. The van der Waals surface area contributed by atoms with Crippen molar-refractivity contribution in [2.75, 3.05) is 67.0 Å². The molecular weight excluding hydrogens is 1330 g/mol. The summed E-state index contributed by atoms with van der Waals surface area (Å²) < 4.78 is 32.3. The lowest BCUT2D eigenvalue weighted by molar-refractivity contribution is -0.870. The van der Waals surface area contributed by atoms with Crippen LogP contribution in [0.4, 0.5) is 13.2 Å². The van der Waals surface area contributed by atoms with E-state index in [2.05, 4.69) is 63.0 Å². The van der Waals surface area contributed by atoms with Crippen molar-refractivity contribution >= 4 is 88.3 Å². The molecule has 552 valence electrons. The van der Waals surface area contributed by atoms with Gasteiger partial charge in [-0.1, -0.05) is 43.2 Å². The van der Waals surface area contributed by atoms with E-state index in [4.69, 9.17) is 38.6 Å². The van der Waals surface area contributed by atoms with E-state index in [-0.39, 0.29) is 120 Å². The molecular formula is C65H97F3N18O13S. The molecule has 1 saturated carbocycles. The van der Waals surface area contributed by atoms with E-state index < -0.39 is 132 Å². The zero-order valence-electron chi connectivity index (χ0n) is 56.8. The Bertz CT molecular complexity index is 3290. The third-order valence-electron chi connectivity index (χ3n) is 18.9. The molecule has 1 aromatic carbocycles. The van der Waals surface area contributed by atoms with Crippen LogP contribution in [0.3, 0.4) is 0 Å². The average molecular weight is 1430 g/mol. The molecule has 31 nitrogen and oxygen atoms in total. The number of fused-ring (bicyclic) bond motifs is 5. The highest BCUT2D eigenvalue weighted by Gasteiger charge is 2.52. The summed E-state index contributed by atoms with van der Waals surface area (Å²) in [4.78, 5) is 169. The van der Waals surface area contributed by atoms with E-state index in [1.807, 2.05) is 24.3 Å². The number of alkyl halides is 3. The first kappa shape index (κ1) is 78.6. The highest BCUT2D eigenvalue weighted by Crippen LogP contribution is 2.42. The van der Waals surface area contributed by atoms with Gasteiger partial charge in [0.1, 0.15) is 54.3 Å². The number of amides is 10. The minimum Gasteiger partial charge on any atom is -0.542 e. The van der Waals surface area contributed by atoms with Gasteiger partial charge in [0.05, 0.1) is 46.4 Å². The summed E-state index contributed by atoms with van der Waals surface area (Å²) in [5, 5.41) is 38.5. The number of nitrogens with one attached hydrogen (secondary N) is 6. The molecule has 0 radical (unpaired) electrons. The van der Waals surface area contributed by atoms with Gasteiger partial charge in [0.15, 0.2) is 11.9 Å². The number of carboxylic acid groups (broad SMARTS) is 1. The number of carboxylic acids is 1. The van der Waals surface area contributed by atoms with Crippen LogP contribution >= 0.6 is 11.3 Å². The Hall–Kier alpha value is -8.70. The third kappa shape index (κ3) is 22.1. The molecule has 2 aromatic rings. The fourth-order valence-electron chi connectivity index (χ4n) is 13.9. The lowest BCUT2D eigenvalue weighted by atomic mass is 9.84. The lowest BCUT2D eigenvalue weighted by Crippen LogP contribution is -2.63. The van der Waals surface area contributed by atoms with Crippen molar-refractivity contribution in [3.05, 3.63) is 57.8 Å². The molecule has 1 aliphatic carbocycles. The van der Waals surface area contributed by atoms with Crippen molar-refractivity contribution < 1.29 is 80.6 Å². The van der Waals surface area contributed by atoms with E-state index in [0.717, 1.165) is 43.4 Å². The van der Waals surface area contributed by atoms with E-state index in [9.17, 15) is 56.6 Å². The summed E-state index contributed by atoms with van der Waals surface area (Å²) in [7, 11) is 6.24. The quantitative estimate of drug-likeness (QED) is 0.0199. The van der Waals surface area contributed by atoms with Crippen LogP contribution < -0.4 is 65.7 Å². The summed E-state index contributed by atoms with van der Waals surface area (Å²) in [6, 6.07) is 0.829. The predicted molar refractivity (Wildman–Crippen MR) is 358 cm³/mol. The molecule has 2 unspecified atom stereocenters. The van der Waals surface area contributed by atoms with Gasteiger partial charge in [-0.05, 0) is 112 Å². The van der Waals surface area contributed by atoms with E-state index >= 15 is 9.59 Å². The first-order valence-corrected chi connectivity index (χ1v) is 34.9. The number of unbranched alkanes of at least 4 members (excludes halogenated alkanes) is 1. The molecule has 17 N–H and O–H groups in total. The number of quaternary nitrogens is 1. The van der Waals surface area contributed by atoms with Crippen LogP contribution in [-0.4, -0.2) is 246 Å². The number of carbonyl (C=O) groups is 11. The summed E-state index contributed by atoms with van der Waals surface area (Å²) in [5.41, 5.74) is 29.8. The van der Waals surface area contributed by atoms with E-state index in [1.165, 1.54) is 26.0 Å². The maximum Gasteiger partial charge on any atom is 0.430 e. The van der Waals surface area contributed by atoms with Crippen LogP contribution in [-0.2, 0) is 72.1 Å². The number of nitrogens with two attached hydrogens (primary N) is 5. The van der Waals surface area contributed by atoms with E-state index in [0.29, 0.717) is 47.9 Å². The number of nitrogens with zero attached hydrogens (tertiary/aromatic N) is 7. The molecule has 8 rings (SSSR count). The normalized spacial score (nSPS) is 24.1. The number of hydrogen-bond acceptors (Lipinski definition) is 17. The molecule has 0 bridgehead atoms. The number of guanidine groups is 2. The monoisotopic (exact) mass is 1430 g/mol. The molecule has 5 fully saturated rings. The zero-order chi connectivity index (χ0) is 73.2. The highest BCUT2D eigenvalue weighted by atomic mass is 32.1. The van der Waals surface area contributed by atoms with Crippen LogP contribution in [0, 0.1) is 5.92 Å². The van der Waals surface area contributed by atoms with Crippen LogP contribution in [0.1, 0.15) is 119 Å². The Labute approximate surface area is 582 Å². The van der Waals surface area contributed by atoms with Gasteiger partial charge in [0, 0.05) is 69.4 Å². The van der Waals surface area contributed by atoms with Crippen molar-refractivity contribution in [3.8, 4) is 0 Å². The smallest absolute Gasteiger partial charge is 0.430 e. The standard InChI is InChI=1S/C63H96N18O11S.C2HF3O2/c1-81(2,3)28-9-8-19-43-54(85)69-26-23-45(59(90)78-35-39-16-5-4-14-37(39)30-51(78)61(92)80-47-21-7-6-15-38(47)31-50(80)57(88)74-43)76-55(86)46(33-41-17-13-29-93-41)73-52(83)34-72-56(87)49-32-40(82)36-79(49)60(91)48-22-12-27-77(48)58(89)44(20-11-25-71-63(67)68)75-53(84)42(64)18-10-24-70-62(65)66;3-2(4,5)1(6)7/h4-5,13-14,16-17,29,38,40,42-51,82H,6-12,15,18-28,30-36,64H2,1-3H3,(H13-,65,66,67,68,69,70,71,72,73,74,75,76,83,84,85,86,87,88);(H,6,7)/t38?,40-,42-,43-,44+,45+,46+,47?,48+,49+,50+,51-;/m1./s1. The zero-order valence-corrected chi connectivity index (χ0v) is 57.6. The van der Waals surface area contributed by atoms with Crippen molar-refractivity contribution in [1.29, 1.82) is 0 Å². The second-order valence-electron chi connectivity index (χ2n) is 27.3.